The quantitative estimate of drug-likeness (QED) is 0.343. The van der Waals surface area contributed by atoms with E-state index in [4.69, 9.17) is 0 Å². The molecule has 21 heavy (non-hydrogen) atoms. The highest BCUT2D eigenvalue weighted by Gasteiger charge is 2.34. The molecule has 0 aliphatic rings. The van der Waals surface area contributed by atoms with Gasteiger partial charge in [0.25, 0.3) is 0 Å². The lowest BCUT2D eigenvalue weighted by Gasteiger charge is -2.25. The number of allylic oxidation sites excluding steroid dienone is 4. The number of carbonyl (C=O) groups is 1. The Morgan fingerprint density at radius 1 is 1.00 bits per heavy atom. The van der Waals surface area contributed by atoms with Crippen molar-refractivity contribution in [3.8, 4) is 0 Å². The highest BCUT2D eigenvalue weighted by molar-refractivity contribution is 8.01. The number of carboxylic acid groups (broad SMARTS) is 1. The number of hydrogen-bond acceptors (Lipinski definition) is 2. The maximum Gasteiger partial charge on any atom is 0.319 e. The average molecular weight is 313 g/mol. The lowest BCUT2D eigenvalue weighted by molar-refractivity contribution is -0.140. The Morgan fingerprint density at radius 2 is 1.62 bits per heavy atom. The largest absolute Gasteiger partial charge is 0.480 e. The SMILES string of the molecule is CCCCC/C=C\C/C=C\CCSC(CC)(CC)C(=O)O. The number of thioether (sulfide) groups is 1. The summed E-state index contributed by atoms with van der Waals surface area (Å²) in [7, 11) is 0. The first-order valence-corrected chi connectivity index (χ1v) is 9.28. The Morgan fingerprint density at radius 3 is 2.14 bits per heavy atom. The maximum atomic E-state index is 11.3. The van der Waals surface area contributed by atoms with E-state index in [0.717, 1.165) is 18.6 Å². The summed E-state index contributed by atoms with van der Waals surface area (Å²) < 4.78 is -0.590. The minimum absolute atomic E-state index is 0.590. The fourth-order valence-electron chi connectivity index (χ4n) is 2.16. The third-order valence-corrected chi connectivity index (χ3v) is 5.52. The molecule has 0 unspecified atom stereocenters. The Balaban J connectivity index is 3.79. The first-order valence-electron chi connectivity index (χ1n) is 8.30. The summed E-state index contributed by atoms with van der Waals surface area (Å²) in [6.45, 7) is 6.15. The Bertz CT molecular complexity index is 317. The van der Waals surface area contributed by atoms with Gasteiger partial charge in [-0.2, -0.15) is 0 Å². The summed E-state index contributed by atoms with van der Waals surface area (Å²) in [5, 5.41) is 9.34. The zero-order valence-corrected chi connectivity index (χ0v) is 14.8. The van der Waals surface area contributed by atoms with Crippen LogP contribution in [0.1, 0.15) is 72.1 Å². The van der Waals surface area contributed by atoms with Gasteiger partial charge in [-0.15, -0.1) is 11.8 Å². The van der Waals surface area contributed by atoms with Gasteiger partial charge in [0.05, 0.1) is 0 Å². The van der Waals surface area contributed by atoms with Crippen LogP contribution in [0.25, 0.3) is 0 Å². The molecule has 0 rings (SSSR count). The summed E-state index contributed by atoms with van der Waals surface area (Å²) >= 11 is 1.59. The van der Waals surface area contributed by atoms with E-state index in [0.29, 0.717) is 12.8 Å². The molecule has 0 aromatic rings. The molecule has 0 bridgehead atoms. The molecule has 0 saturated carbocycles. The molecule has 3 heteroatoms. The lowest BCUT2D eigenvalue weighted by atomic mass is 10.0. The molecule has 0 fully saturated rings. The zero-order chi connectivity index (χ0) is 16.0. The third kappa shape index (κ3) is 9.02. The second-order valence-electron chi connectivity index (χ2n) is 5.32. The van der Waals surface area contributed by atoms with Crippen molar-refractivity contribution in [2.45, 2.75) is 76.9 Å². The summed E-state index contributed by atoms with van der Waals surface area (Å²) in [5.41, 5.74) is 0. The van der Waals surface area contributed by atoms with Crippen molar-refractivity contribution in [1.29, 1.82) is 0 Å². The van der Waals surface area contributed by atoms with Crippen LogP contribution in [0, 0.1) is 0 Å². The third-order valence-electron chi connectivity index (χ3n) is 3.77. The van der Waals surface area contributed by atoms with Crippen LogP contribution in [-0.4, -0.2) is 21.6 Å². The van der Waals surface area contributed by atoms with Gasteiger partial charge in [0, 0.05) is 0 Å². The molecule has 1 N–H and O–H groups in total. The van der Waals surface area contributed by atoms with Crippen LogP contribution in [0.2, 0.25) is 0 Å². The van der Waals surface area contributed by atoms with Crippen LogP contribution in [0.5, 0.6) is 0 Å². The number of hydrogen-bond donors (Lipinski definition) is 1. The molecule has 0 aromatic heterocycles. The predicted octanol–water partition coefficient (Wildman–Crippen LogP) is 5.84. The van der Waals surface area contributed by atoms with Crippen molar-refractivity contribution < 1.29 is 9.90 Å². The number of rotatable bonds is 13. The topological polar surface area (TPSA) is 37.3 Å². The summed E-state index contributed by atoms with van der Waals surface area (Å²) in [4.78, 5) is 11.3. The normalized spacial score (nSPS) is 12.5. The van der Waals surface area contributed by atoms with E-state index >= 15 is 0 Å². The van der Waals surface area contributed by atoms with E-state index in [-0.39, 0.29) is 0 Å². The smallest absolute Gasteiger partial charge is 0.319 e. The Labute approximate surface area is 135 Å². The molecule has 0 aliphatic heterocycles. The van der Waals surface area contributed by atoms with Gasteiger partial charge < -0.3 is 5.11 Å². The van der Waals surface area contributed by atoms with Crippen LogP contribution in [-0.2, 0) is 4.79 Å². The van der Waals surface area contributed by atoms with Crippen molar-refractivity contribution in [1.82, 2.24) is 0 Å². The first kappa shape index (κ1) is 20.3. The number of aliphatic carboxylic acids is 1. The van der Waals surface area contributed by atoms with Crippen LogP contribution in [0.3, 0.4) is 0 Å². The molecule has 0 aromatic carbocycles. The van der Waals surface area contributed by atoms with Gasteiger partial charge in [-0.1, -0.05) is 57.9 Å². The van der Waals surface area contributed by atoms with Gasteiger partial charge >= 0.3 is 5.97 Å². The molecule has 0 amide bonds. The second-order valence-corrected chi connectivity index (χ2v) is 6.80. The van der Waals surface area contributed by atoms with Crippen LogP contribution < -0.4 is 0 Å². The molecule has 0 aliphatic carbocycles. The van der Waals surface area contributed by atoms with Gasteiger partial charge in [-0.25, -0.2) is 0 Å². The monoisotopic (exact) mass is 312 g/mol. The molecule has 0 radical (unpaired) electrons. The average Bonchev–Trinajstić information content (AvgIpc) is 2.49. The van der Waals surface area contributed by atoms with E-state index < -0.39 is 10.7 Å². The lowest BCUT2D eigenvalue weighted by Crippen LogP contribution is -2.33. The van der Waals surface area contributed by atoms with Crippen molar-refractivity contribution in [2.75, 3.05) is 5.75 Å². The van der Waals surface area contributed by atoms with E-state index in [1.54, 1.807) is 11.8 Å². The minimum Gasteiger partial charge on any atom is -0.480 e. The first-order chi connectivity index (χ1) is 10.1. The summed E-state index contributed by atoms with van der Waals surface area (Å²) in [6, 6.07) is 0. The van der Waals surface area contributed by atoms with E-state index in [2.05, 4.69) is 31.2 Å². The fourth-order valence-corrected chi connectivity index (χ4v) is 3.34. The molecule has 0 saturated heterocycles. The molecular formula is C18H32O2S. The number of unbranched alkanes of at least 4 members (excludes halogenated alkanes) is 3. The summed E-state index contributed by atoms with van der Waals surface area (Å²) in [5.74, 6) is 0.210. The standard InChI is InChI=1S/C18H32O2S/c1-4-7-8-9-10-11-12-13-14-15-16-21-18(5-2,6-3)17(19)20/h10-11,13-14H,4-9,12,15-16H2,1-3H3,(H,19,20)/b11-10-,14-13-. The van der Waals surface area contributed by atoms with Crippen LogP contribution >= 0.6 is 11.8 Å². The van der Waals surface area contributed by atoms with Gasteiger partial charge in [-0.3, -0.25) is 4.79 Å². The highest BCUT2D eigenvalue weighted by atomic mass is 32.2. The molecule has 2 nitrogen and oxygen atoms in total. The maximum absolute atomic E-state index is 11.3. The van der Waals surface area contributed by atoms with Gasteiger partial charge in [0.15, 0.2) is 0 Å². The van der Waals surface area contributed by atoms with Gasteiger partial charge in [-0.05, 0) is 44.3 Å². The summed E-state index contributed by atoms with van der Waals surface area (Å²) in [6.07, 6.45) is 17.2. The molecule has 0 heterocycles. The van der Waals surface area contributed by atoms with E-state index in [9.17, 15) is 9.90 Å². The zero-order valence-electron chi connectivity index (χ0n) is 13.9. The predicted molar refractivity (Wildman–Crippen MR) is 95.1 cm³/mol. The fraction of sp³-hybridized carbons (Fsp3) is 0.722. The van der Waals surface area contributed by atoms with Crippen molar-refractivity contribution in [3.05, 3.63) is 24.3 Å². The van der Waals surface area contributed by atoms with Crippen LogP contribution in [0.4, 0.5) is 0 Å². The molecule has 122 valence electrons. The minimum atomic E-state index is -0.670. The van der Waals surface area contributed by atoms with Crippen molar-refractivity contribution >= 4 is 17.7 Å². The molecule has 0 atom stereocenters. The highest BCUT2D eigenvalue weighted by Crippen LogP contribution is 2.33. The van der Waals surface area contributed by atoms with Crippen molar-refractivity contribution in [3.63, 3.8) is 0 Å². The Kier molecular flexibility index (Phi) is 12.6. The van der Waals surface area contributed by atoms with E-state index in [1.165, 1.54) is 25.7 Å². The second kappa shape index (κ2) is 13.0. The van der Waals surface area contributed by atoms with Crippen molar-refractivity contribution in [2.24, 2.45) is 0 Å². The number of carboxylic acids is 1. The van der Waals surface area contributed by atoms with Gasteiger partial charge in [0.2, 0.25) is 0 Å². The molecule has 0 spiro atoms. The Hall–Kier alpha value is -0.700. The molecular weight excluding hydrogens is 280 g/mol. The van der Waals surface area contributed by atoms with Gasteiger partial charge in [0.1, 0.15) is 4.75 Å². The van der Waals surface area contributed by atoms with E-state index in [1.807, 2.05) is 13.8 Å². The van der Waals surface area contributed by atoms with Crippen LogP contribution in [0.15, 0.2) is 24.3 Å².